The topological polar surface area (TPSA) is 93.7 Å². The summed E-state index contributed by atoms with van der Waals surface area (Å²) < 4.78 is 44.7. The minimum Gasteiger partial charge on any atom is -0.397 e. The molecule has 2 heterocycles. The number of aromatic nitrogens is 2. The highest BCUT2D eigenvalue weighted by Crippen LogP contribution is 2.37. The summed E-state index contributed by atoms with van der Waals surface area (Å²) >= 11 is 5.99. The largest absolute Gasteiger partial charge is 0.417 e. The number of hydrogen-bond donors (Lipinski definition) is 1. The number of amides is 1. The zero-order valence-electron chi connectivity index (χ0n) is 19.0. The van der Waals surface area contributed by atoms with Crippen LogP contribution in [0.4, 0.5) is 13.2 Å². The highest BCUT2D eigenvalue weighted by molar-refractivity contribution is 6.34. The number of hydrogen-bond acceptors (Lipinski definition) is 6. The highest BCUT2D eigenvalue weighted by atomic mass is 35.5. The second kappa shape index (κ2) is 10.5. The molecule has 1 unspecified atom stereocenters. The van der Waals surface area contributed by atoms with Gasteiger partial charge in [-0.2, -0.15) is 13.2 Å². The number of alkyl halides is 3. The summed E-state index contributed by atoms with van der Waals surface area (Å²) in [5.41, 5.74) is 7.33. The number of aryl methyl sites for hydroxylation is 1. The van der Waals surface area contributed by atoms with Gasteiger partial charge in [0.05, 0.1) is 52.9 Å². The number of nitrogens with zero attached hydrogens (tertiary/aromatic N) is 4. The average molecular weight is 496 g/mol. The normalized spacial score (nSPS) is 16.7. The van der Waals surface area contributed by atoms with Crippen molar-refractivity contribution in [2.45, 2.75) is 39.0 Å². The van der Waals surface area contributed by atoms with Crippen molar-refractivity contribution >= 4 is 29.4 Å². The van der Waals surface area contributed by atoms with E-state index in [9.17, 15) is 18.0 Å². The van der Waals surface area contributed by atoms with Gasteiger partial charge in [0.2, 0.25) is 0 Å². The van der Waals surface area contributed by atoms with E-state index in [1.54, 1.807) is 33.2 Å². The first-order valence-electron chi connectivity index (χ1n) is 10.5. The molecule has 2 N–H and O–H groups in total. The van der Waals surface area contributed by atoms with Gasteiger partial charge in [0.1, 0.15) is 5.82 Å². The molecule has 34 heavy (non-hydrogen) atoms. The van der Waals surface area contributed by atoms with Crippen molar-refractivity contribution in [1.82, 2.24) is 14.9 Å². The molecular formula is C23H25ClF3N5O2. The predicted molar refractivity (Wildman–Crippen MR) is 124 cm³/mol. The Morgan fingerprint density at radius 2 is 2.12 bits per heavy atom. The van der Waals surface area contributed by atoms with Gasteiger partial charge in [0.15, 0.2) is 0 Å². The molecule has 1 amide bonds. The van der Waals surface area contributed by atoms with E-state index >= 15 is 0 Å². The summed E-state index contributed by atoms with van der Waals surface area (Å²) in [7, 11) is 1.59. The summed E-state index contributed by atoms with van der Waals surface area (Å²) in [4.78, 5) is 27.8. The van der Waals surface area contributed by atoms with Crippen LogP contribution in [0.15, 0.2) is 29.3 Å². The van der Waals surface area contributed by atoms with Crippen LogP contribution in [0.2, 0.25) is 5.02 Å². The van der Waals surface area contributed by atoms with Crippen LogP contribution in [0.1, 0.15) is 45.6 Å². The first kappa shape index (κ1) is 25.6. The Morgan fingerprint density at radius 3 is 2.79 bits per heavy atom. The van der Waals surface area contributed by atoms with Gasteiger partial charge in [-0.15, -0.1) is 0 Å². The molecule has 11 heteroatoms. The molecule has 1 aliphatic rings. The molecule has 2 aromatic rings. The van der Waals surface area contributed by atoms with Gasteiger partial charge in [-0.1, -0.05) is 17.7 Å². The molecule has 1 aromatic heterocycles. The van der Waals surface area contributed by atoms with Crippen LogP contribution in [-0.4, -0.2) is 53.3 Å². The molecular weight excluding hydrogens is 471 g/mol. The van der Waals surface area contributed by atoms with Crippen molar-refractivity contribution in [3.8, 4) is 0 Å². The quantitative estimate of drug-likeness (QED) is 0.482. The van der Waals surface area contributed by atoms with Crippen LogP contribution >= 0.6 is 11.6 Å². The third kappa shape index (κ3) is 5.56. The number of aliphatic imine (C=N–C) groups is 1. The molecule has 3 rings (SSSR count). The van der Waals surface area contributed by atoms with Gasteiger partial charge < -0.3 is 15.4 Å². The smallest absolute Gasteiger partial charge is 0.397 e. The van der Waals surface area contributed by atoms with Gasteiger partial charge in [-0.3, -0.25) is 9.79 Å². The van der Waals surface area contributed by atoms with E-state index in [2.05, 4.69) is 15.0 Å². The van der Waals surface area contributed by atoms with E-state index in [1.165, 1.54) is 17.0 Å². The number of carbonyl (C=O) groups excluding carboxylic acids is 1. The third-order valence-corrected chi connectivity index (χ3v) is 5.82. The fraction of sp³-hybridized carbons (Fsp3) is 0.391. The third-order valence-electron chi connectivity index (χ3n) is 5.41. The fourth-order valence-electron chi connectivity index (χ4n) is 3.73. The maximum absolute atomic E-state index is 13.3. The summed E-state index contributed by atoms with van der Waals surface area (Å²) in [6.07, 6.45) is -1.07. The van der Waals surface area contributed by atoms with E-state index < -0.39 is 22.7 Å². The standard InChI is InChI=1S/C23H25ClF3N5O2/c1-13-11-16-19(30-14(2)31-21(16)18(28)7-8-29-9-10-34-3)12-32(13)22(33)15-5-4-6-17(20(15)24)23(25,26)27/h4-8,13H,9-12,28H2,1-3H3. The van der Waals surface area contributed by atoms with Gasteiger partial charge in [0.25, 0.3) is 5.91 Å². The molecule has 0 saturated heterocycles. The van der Waals surface area contributed by atoms with Gasteiger partial charge in [-0.25, -0.2) is 9.97 Å². The molecule has 0 fully saturated rings. The minimum absolute atomic E-state index is 0.0907. The van der Waals surface area contributed by atoms with Crippen LogP contribution in [0, 0.1) is 6.92 Å². The summed E-state index contributed by atoms with van der Waals surface area (Å²) in [5.74, 6) is -0.138. The van der Waals surface area contributed by atoms with E-state index in [0.29, 0.717) is 42.5 Å². The lowest BCUT2D eigenvalue weighted by Gasteiger charge is -2.35. The molecule has 7 nitrogen and oxygen atoms in total. The Bertz CT molecular complexity index is 1130. The average Bonchev–Trinajstić information content (AvgIpc) is 2.77. The summed E-state index contributed by atoms with van der Waals surface area (Å²) in [5, 5.41) is -0.613. The first-order valence-corrected chi connectivity index (χ1v) is 10.9. The molecule has 0 aliphatic carbocycles. The van der Waals surface area contributed by atoms with E-state index in [1.807, 2.05) is 0 Å². The fourth-order valence-corrected chi connectivity index (χ4v) is 4.05. The molecule has 0 spiro atoms. The first-order chi connectivity index (χ1) is 16.0. The molecule has 0 bridgehead atoms. The van der Waals surface area contributed by atoms with E-state index in [-0.39, 0.29) is 18.2 Å². The SMILES string of the molecule is COCCN=CC=C(N)c1nc(C)nc2c1CC(C)N(C(=O)c1cccc(C(F)(F)F)c1Cl)C2. The van der Waals surface area contributed by atoms with Gasteiger partial charge in [0, 0.05) is 24.9 Å². The van der Waals surface area contributed by atoms with Gasteiger partial charge >= 0.3 is 6.18 Å². The van der Waals surface area contributed by atoms with Crippen LogP contribution in [0.5, 0.6) is 0 Å². The Kier molecular flexibility index (Phi) is 7.93. The maximum Gasteiger partial charge on any atom is 0.417 e. The van der Waals surface area contributed by atoms with E-state index in [0.717, 1.165) is 11.6 Å². The second-order valence-corrected chi connectivity index (χ2v) is 8.24. The number of rotatable bonds is 6. The molecule has 182 valence electrons. The number of carbonyl (C=O) groups is 1. The van der Waals surface area contributed by atoms with Gasteiger partial charge in [-0.05, 0) is 38.5 Å². The lowest BCUT2D eigenvalue weighted by atomic mass is 9.94. The number of allylic oxidation sites excluding steroid dienone is 1. The monoisotopic (exact) mass is 495 g/mol. The van der Waals surface area contributed by atoms with Crippen LogP contribution < -0.4 is 5.73 Å². The number of ether oxygens (including phenoxy) is 1. The van der Waals surface area contributed by atoms with Crippen LogP contribution in [-0.2, 0) is 23.9 Å². The molecule has 0 radical (unpaired) electrons. The zero-order valence-corrected chi connectivity index (χ0v) is 19.7. The van der Waals surface area contributed by atoms with E-state index in [4.69, 9.17) is 22.1 Å². The van der Waals surface area contributed by atoms with Crippen molar-refractivity contribution in [3.63, 3.8) is 0 Å². The maximum atomic E-state index is 13.3. The Hall–Kier alpha value is -2.98. The number of nitrogens with two attached hydrogens (primary N) is 1. The molecule has 1 atom stereocenters. The van der Waals surface area contributed by atoms with Crippen molar-refractivity contribution in [1.29, 1.82) is 0 Å². The molecule has 1 aliphatic heterocycles. The molecule has 0 saturated carbocycles. The van der Waals surface area contributed by atoms with Crippen LogP contribution in [0.3, 0.4) is 0 Å². The van der Waals surface area contributed by atoms with Crippen molar-refractivity contribution in [2.24, 2.45) is 10.7 Å². The predicted octanol–water partition coefficient (Wildman–Crippen LogP) is 4.06. The number of halogens is 4. The van der Waals surface area contributed by atoms with Crippen LogP contribution in [0.25, 0.3) is 5.70 Å². The van der Waals surface area contributed by atoms with Crippen molar-refractivity contribution < 1.29 is 22.7 Å². The lowest BCUT2D eigenvalue weighted by molar-refractivity contribution is -0.137. The number of fused-ring (bicyclic) bond motifs is 1. The summed E-state index contributed by atoms with van der Waals surface area (Å²) in [6.45, 7) is 4.58. The van der Waals surface area contributed by atoms with Crippen molar-refractivity contribution in [2.75, 3.05) is 20.3 Å². The Balaban J connectivity index is 1.92. The summed E-state index contributed by atoms with van der Waals surface area (Å²) in [6, 6.07) is 2.97. The van der Waals surface area contributed by atoms with Crippen molar-refractivity contribution in [3.05, 3.63) is 63.2 Å². The second-order valence-electron chi connectivity index (χ2n) is 7.87. The lowest BCUT2D eigenvalue weighted by Crippen LogP contribution is -2.43. The Labute approximate surface area is 200 Å². The Morgan fingerprint density at radius 1 is 1.38 bits per heavy atom. The number of methoxy groups -OCH3 is 1. The number of benzene rings is 1. The minimum atomic E-state index is -4.66. The molecule has 1 aromatic carbocycles. The zero-order chi connectivity index (χ0) is 25.0. The highest BCUT2D eigenvalue weighted by Gasteiger charge is 2.37.